The van der Waals surface area contributed by atoms with E-state index in [0.717, 1.165) is 22.3 Å². The van der Waals surface area contributed by atoms with E-state index in [9.17, 15) is 14.7 Å². The van der Waals surface area contributed by atoms with Crippen LogP contribution in [0.3, 0.4) is 0 Å². The molecule has 5 aromatic rings. The van der Waals surface area contributed by atoms with Crippen LogP contribution in [0.25, 0.3) is 10.9 Å². The number of hydrogen-bond acceptors (Lipinski definition) is 8. The van der Waals surface area contributed by atoms with Crippen molar-refractivity contribution in [2.24, 2.45) is 5.92 Å². The van der Waals surface area contributed by atoms with Gasteiger partial charge in [0.1, 0.15) is 24.2 Å². The molecule has 0 unspecified atom stereocenters. The number of aliphatic hydroxyl groups is 1. The molecule has 0 saturated carbocycles. The zero-order valence-corrected chi connectivity index (χ0v) is 23.6. The molecule has 2 aromatic heterocycles. The van der Waals surface area contributed by atoms with E-state index in [0.29, 0.717) is 23.5 Å². The number of ketones is 1. The highest BCUT2D eigenvalue weighted by Gasteiger charge is 2.37. The molecule has 216 valence electrons. The highest BCUT2D eigenvalue weighted by molar-refractivity contribution is 5.97. The van der Waals surface area contributed by atoms with Gasteiger partial charge in [-0.1, -0.05) is 54.6 Å². The Morgan fingerprint density at radius 2 is 1.77 bits per heavy atom. The van der Waals surface area contributed by atoms with Gasteiger partial charge >= 0.3 is 5.97 Å². The molecule has 0 bridgehead atoms. The first-order chi connectivity index (χ1) is 21.0. The van der Waals surface area contributed by atoms with Gasteiger partial charge < -0.3 is 19.3 Å². The molecule has 3 atom stereocenters. The van der Waals surface area contributed by atoms with Crippen LogP contribution < -0.4 is 9.47 Å². The molecular formula is C35H30N2O6. The third-order valence-corrected chi connectivity index (χ3v) is 7.51. The molecule has 0 aliphatic carbocycles. The van der Waals surface area contributed by atoms with Crippen molar-refractivity contribution in [2.45, 2.75) is 32.2 Å². The number of ether oxygens (including phenoxy) is 3. The Labute approximate surface area is 248 Å². The second-order valence-corrected chi connectivity index (χ2v) is 10.5. The third-order valence-electron chi connectivity index (χ3n) is 7.51. The molecule has 0 spiro atoms. The minimum atomic E-state index is -1.64. The standard InChI is InChI=1S/C35H30N2O6/c1-22(38)28-10-3-4-11-29(28)33(39)35(40)43-34-24(18-25-9-6-7-17-36-25)20-42-32-16-15-27(19-30(32)34)41-21-26-14-13-23-8-2-5-12-31(23)37-26/h2-17,19,24,33-34,39H,18,20-21H2,1H3/t24-,33+,34+/m0/s1. The predicted molar refractivity (Wildman–Crippen MR) is 160 cm³/mol. The lowest BCUT2D eigenvalue weighted by atomic mass is 9.89. The summed E-state index contributed by atoms with van der Waals surface area (Å²) in [6.07, 6.45) is -0.215. The molecule has 8 heteroatoms. The van der Waals surface area contributed by atoms with Gasteiger partial charge in [0, 0.05) is 39.9 Å². The maximum absolute atomic E-state index is 13.4. The number of carbonyl (C=O) groups excluding carboxylic acids is 2. The lowest BCUT2D eigenvalue weighted by Crippen LogP contribution is -2.32. The summed E-state index contributed by atoms with van der Waals surface area (Å²) in [6, 6.07) is 29.3. The van der Waals surface area contributed by atoms with Gasteiger partial charge in [0.2, 0.25) is 0 Å². The second-order valence-electron chi connectivity index (χ2n) is 10.5. The Morgan fingerprint density at radius 1 is 0.953 bits per heavy atom. The van der Waals surface area contributed by atoms with E-state index in [1.807, 2.05) is 54.6 Å². The van der Waals surface area contributed by atoms with Crippen molar-refractivity contribution < 1.29 is 28.9 Å². The van der Waals surface area contributed by atoms with Crippen molar-refractivity contribution in [2.75, 3.05) is 6.61 Å². The maximum atomic E-state index is 13.4. The number of aromatic nitrogens is 2. The SMILES string of the molecule is CC(=O)c1ccccc1[C@@H](O)C(=O)O[C@H]1c2cc(OCc3ccc4ccccc4n3)ccc2OC[C@@H]1Cc1ccccn1. The monoisotopic (exact) mass is 574 g/mol. The van der Waals surface area contributed by atoms with Gasteiger partial charge in [0.15, 0.2) is 11.9 Å². The normalized spacial score (nSPS) is 16.5. The number of Topliss-reactive ketones (excluding diaryl/α,β-unsaturated/α-hetero) is 1. The molecular weight excluding hydrogens is 544 g/mol. The van der Waals surface area contributed by atoms with Gasteiger partial charge in [-0.25, -0.2) is 9.78 Å². The van der Waals surface area contributed by atoms with Crippen LogP contribution in [0.4, 0.5) is 0 Å². The minimum Gasteiger partial charge on any atom is -0.493 e. The van der Waals surface area contributed by atoms with Crippen molar-refractivity contribution >= 4 is 22.7 Å². The molecule has 0 radical (unpaired) electrons. The Hall–Kier alpha value is -5.08. The van der Waals surface area contributed by atoms with Crippen LogP contribution >= 0.6 is 0 Å². The van der Waals surface area contributed by atoms with Gasteiger partial charge in [-0.15, -0.1) is 0 Å². The van der Waals surface area contributed by atoms with Gasteiger partial charge in [0.05, 0.1) is 17.8 Å². The summed E-state index contributed by atoms with van der Waals surface area (Å²) in [7, 11) is 0. The molecule has 3 aromatic carbocycles. The van der Waals surface area contributed by atoms with Crippen LogP contribution in [0.2, 0.25) is 0 Å². The van der Waals surface area contributed by atoms with Crippen molar-refractivity contribution in [1.82, 2.24) is 9.97 Å². The summed E-state index contributed by atoms with van der Waals surface area (Å²) in [6.45, 7) is 1.92. The fourth-order valence-electron chi connectivity index (χ4n) is 5.34. The molecule has 0 fully saturated rings. The number of benzene rings is 3. The molecule has 0 saturated heterocycles. The second kappa shape index (κ2) is 12.4. The van der Waals surface area contributed by atoms with Crippen LogP contribution in [0, 0.1) is 5.92 Å². The van der Waals surface area contributed by atoms with E-state index in [1.54, 1.807) is 48.7 Å². The van der Waals surface area contributed by atoms with E-state index >= 15 is 0 Å². The summed E-state index contributed by atoms with van der Waals surface area (Å²) in [5.74, 6) is -0.290. The van der Waals surface area contributed by atoms with Crippen molar-refractivity contribution in [3.8, 4) is 11.5 Å². The Bertz CT molecular complexity index is 1770. The summed E-state index contributed by atoms with van der Waals surface area (Å²) < 4.78 is 18.2. The lowest BCUT2D eigenvalue weighted by molar-refractivity contribution is -0.164. The number of nitrogens with zero attached hydrogens (tertiary/aromatic N) is 2. The first-order valence-corrected chi connectivity index (χ1v) is 14.1. The fourth-order valence-corrected chi connectivity index (χ4v) is 5.34. The van der Waals surface area contributed by atoms with Crippen molar-refractivity contribution in [3.05, 3.63) is 131 Å². The number of esters is 1. The average molecular weight is 575 g/mol. The summed E-state index contributed by atoms with van der Waals surface area (Å²) in [5, 5.41) is 12.1. The predicted octanol–water partition coefficient (Wildman–Crippen LogP) is 5.98. The Morgan fingerprint density at radius 3 is 2.60 bits per heavy atom. The molecule has 43 heavy (non-hydrogen) atoms. The number of para-hydroxylation sites is 1. The van der Waals surface area contributed by atoms with E-state index in [4.69, 9.17) is 14.2 Å². The van der Waals surface area contributed by atoms with Gasteiger partial charge in [-0.05, 0) is 55.8 Å². The van der Waals surface area contributed by atoms with Gasteiger partial charge in [-0.2, -0.15) is 0 Å². The molecule has 6 rings (SSSR count). The van der Waals surface area contributed by atoms with E-state index in [1.165, 1.54) is 6.92 Å². The van der Waals surface area contributed by atoms with Gasteiger partial charge in [0.25, 0.3) is 0 Å². The van der Waals surface area contributed by atoms with Crippen LogP contribution in [-0.2, 0) is 22.6 Å². The molecule has 1 aliphatic heterocycles. The summed E-state index contributed by atoms with van der Waals surface area (Å²) in [4.78, 5) is 34.7. The van der Waals surface area contributed by atoms with Gasteiger partial charge in [-0.3, -0.25) is 9.78 Å². The fraction of sp³-hybridized carbons (Fsp3) is 0.200. The lowest BCUT2D eigenvalue weighted by Gasteiger charge is -2.34. The van der Waals surface area contributed by atoms with Crippen LogP contribution in [-0.4, -0.2) is 33.4 Å². The van der Waals surface area contributed by atoms with Crippen molar-refractivity contribution in [3.63, 3.8) is 0 Å². The summed E-state index contributed by atoms with van der Waals surface area (Å²) >= 11 is 0. The third kappa shape index (κ3) is 6.24. The van der Waals surface area contributed by atoms with E-state index in [2.05, 4.69) is 9.97 Å². The zero-order valence-electron chi connectivity index (χ0n) is 23.6. The number of fused-ring (bicyclic) bond motifs is 2. The Balaban J connectivity index is 1.27. The molecule has 1 aliphatic rings. The number of hydrogen-bond donors (Lipinski definition) is 1. The first kappa shape index (κ1) is 28.1. The topological polar surface area (TPSA) is 108 Å². The molecule has 0 amide bonds. The number of rotatable bonds is 9. The minimum absolute atomic E-state index is 0.202. The van der Waals surface area contributed by atoms with Crippen molar-refractivity contribution in [1.29, 1.82) is 0 Å². The Kier molecular flexibility index (Phi) is 8.11. The van der Waals surface area contributed by atoms with E-state index < -0.39 is 18.2 Å². The molecule has 8 nitrogen and oxygen atoms in total. The smallest absolute Gasteiger partial charge is 0.340 e. The van der Waals surface area contributed by atoms with E-state index in [-0.39, 0.29) is 36.0 Å². The largest absolute Gasteiger partial charge is 0.493 e. The average Bonchev–Trinajstić information content (AvgIpc) is 3.04. The zero-order chi connectivity index (χ0) is 29.8. The quantitative estimate of drug-likeness (QED) is 0.169. The number of carbonyl (C=O) groups is 2. The summed E-state index contributed by atoms with van der Waals surface area (Å²) in [5.41, 5.74) is 3.57. The maximum Gasteiger partial charge on any atom is 0.340 e. The highest BCUT2D eigenvalue weighted by Crippen LogP contribution is 2.42. The highest BCUT2D eigenvalue weighted by atomic mass is 16.6. The first-order valence-electron chi connectivity index (χ1n) is 14.1. The van der Waals surface area contributed by atoms with Crippen LogP contribution in [0.5, 0.6) is 11.5 Å². The molecule has 1 N–H and O–H groups in total. The van der Waals surface area contributed by atoms with Crippen LogP contribution in [0.1, 0.15) is 52.0 Å². The number of aliphatic hydroxyl groups excluding tert-OH is 1. The molecule has 3 heterocycles. The number of pyridine rings is 2. The van der Waals surface area contributed by atoms with Crippen LogP contribution in [0.15, 0.2) is 103 Å².